The van der Waals surface area contributed by atoms with Crippen molar-refractivity contribution in [3.63, 3.8) is 0 Å². The van der Waals surface area contributed by atoms with Gasteiger partial charge in [0, 0.05) is 18.8 Å². The van der Waals surface area contributed by atoms with E-state index < -0.39 is 0 Å². The van der Waals surface area contributed by atoms with Crippen LogP contribution in [0, 0.1) is 5.92 Å². The highest BCUT2D eigenvalue weighted by molar-refractivity contribution is 5.79. The van der Waals surface area contributed by atoms with Gasteiger partial charge in [-0.05, 0) is 37.0 Å². The van der Waals surface area contributed by atoms with Gasteiger partial charge in [-0.25, -0.2) is 4.98 Å². The Morgan fingerprint density at radius 2 is 2.17 bits per heavy atom. The zero-order chi connectivity index (χ0) is 12.5. The van der Waals surface area contributed by atoms with Gasteiger partial charge in [0.2, 0.25) is 0 Å². The number of rotatable bonds is 2. The van der Waals surface area contributed by atoms with Crippen LogP contribution in [0.15, 0.2) is 18.2 Å². The van der Waals surface area contributed by atoms with E-state index in [1.807, 2.05) is 0 Å². The molecular weight excluding hydrogens is 224 g/mol. The lowest BCUT2D eigenvalue weighted by Crippen LogP contribution is -2.32. The maximum Gasteiger partial charge on any atom is 0.121 e. The van der Waals surface area contributed by atoms with E-state index in [4.69, 9.17) is 5.73 Å². The second kappa shape index (κ2) is 4.61. The molecule has 2 aromatic rings. The summed E-state index contributed by atoms with van der Waals surface area (Å²) in [5.41, 5.74) is 8.99. The Kier molecular flexibility index (Phi) is 2.96. The Bertz CT molecular complexity index is 538. The third-order valence-corrected chi connectivity index (χ3v) is 3.86. The Morgan fingerprint density at radius 3 is 2.89 bits per heavy atom. The first-order valence-corrected chi connectivity index (χ1v) is 6.70. The molecule has 1 fully saturated rings. The molecule has 1 aliphatic rings. The molecule has 1 aromatic heterocycles. The number of hydrogen-bond donors (Lipinski definition) is 2. The summed E-state index contributed by atoms with van der Waals surface area (Å²) in [5.74, 6) is 1.72. The second-order valence-electron chi connectivity index (χ2n) is 5.26. The average Bonchev–Trinajstić information content (AvgIpc) is 2.81. The summed E-state index contributed by atoms with van der Waals surface area (Å²) >= 11 is 0. The fraction of sp³-hybridized carbons (Fsp3) is 0.500. The van der Waals surface area contributed by atoms with Gasteiger partial charge in [-0.2, -0.15) is 0 Å². The van der Waals surface area contributed by atoms with Crippen LogP contribution >= 0.6 is 0 Å². The third kappa shape index (κ3) is 2.08. The van der Waals surface area contributed by atoms with Gasteiger partial charge in [0.1, 0.15) is 5.82 Å². The molecule has 18 heavy (non-hydrogen) atoms. The maximum atomic E-state index is 5.61. The van der Waals surface area contributed by atoms with E-state index in [9.17, 15) is 0 Å². The molecule has 0 aliphatic carbocycles. The molecule has 3 N–H and O–H groups in total. The maximum absolute atomic E-state index is 5.61. The van der Waals surface area contributed by atoms with Crippen LogP contribution in [0.3, 0.4) is 0 Å². The monoisotopic (exact) mass is 244 g/mol. The molecule has 1 saturated heterocycles. The van der Waals surface area contributed by atoms with Crippen LogP contribution in [-0.4, -0.2) is 23.1 Å². The molecule has 0 radical (unpaired) electrons. The highest BCUT2D eigenvalue weighted by atomic mass is 15.1. The molecule has 4 nitrogen and oxygen atoms in total. The average molecular weight is 244 g/mol. The predicted octanol–water partition coefficient (Wildman–Crippen LogP) is 2.26. The fourth-order valence-corrected chi connectivity index (χ4v) is 2.61. The molecule has 0 bridgehead atoms. The number of nitrogens with two attached hydrogens (primary N) is 1. The Labute approximate surface area is 107 Å². The number of imidazole rings is 1. The van der Waals surface area contributed by atoms with E-state index in [1.54, 1.807) is 0 Å². The first-order valence-electron chi connectivity index (χ1n) is 6.70. The van der Waals surface area contributed by atoms with Gasteiger partial charge in [0.25, 0.3) is 0 Å². The molecule has 3 rings (SSSR count). The molecule has 0 unspecified atom stereocenters. The molecule has 2 heterocycles. The Balaban J connectivity index is 1.88. The summed E-state index contributed by atoms with van der Waals surface area (Å²) in [6.07, 6.45) is 2.57. The molecule has 1 aromatic carbocycles. The van der Waals surface area contributed by atoms with Crippen LogP contribution in [0.5, 0.6) is 0 Å². The Morgan fingerprint density at radius 1 is 1.39 bits per heavy atom. The summed E-state index contributed by atoms with van der Waals surface area (Å²) in [5, 5.41) is 0. The van der Waals surface area contributed by atoms with Crippen LogP contribution in [0.1, 0.15) is 25.6 Å². The zero-order valence-electron chi connectivity index (χ0n) is 10.8. The minimum atomic E-state index is 0.464. The largest absolute Gasteiger partial charge is 0.371 e. The van der Waals surface area contributed by atoms with Gasteiger partial charge in [0.05, 0.1) is 17.6 Å². The van der Waals surface area contributed by atoms with Gasteiger partial charge >= 0.3 is 0 Å². The van der Waals surface area contributed by atoms with Crippen molar-refractivity contribution >= 4 is 16.7 Å². The first-order chi connectivity index (χ1) is 8.76. The van der Waals surface area contributed by atoms with Crippen LogP contribution in [0.4, 0.5) is 5.69 Å². The molecule has 96 valence electrons. The van der Waals surface area contributed by atoms with Crippen molar-refractivity contribution in [3.8, 4) is 0 Å². The topological polar surface area (TPSA) is 57.9 Å². The lowest BCUT2D eigenvalue weighted by atomic mass is 9.99. The van der Waals surface area contributed by atoms with Crippen molar-refractivity contribution < 1.29 is 0 Å². The van der Waals surface area contributed by atoms with Gasteiger partial charge < -0.3 is 15.6 Å². The van der Waals surface area contributed by atoms with E-state index in [0.29, 0.717) is 6.54 Å². The summed E-state index contributed by atoms with van der Waals surface area (Å²) < 4.78 is 0. The quantitative estimate of drug-likeness (QED) is 0.852. The number of anilines is 1. The van der Waals surface area contributed by atoms with Crippen molar-refractivity contribution in [1.82, 2.24) is 9.97 Å². The summed E-state index contributed by atoms with van der Waals surface area (Å²) in [4.78, 5) is 10.2. The molecule has 0 atom stereocenters. The molecule has 0 saturated carbocycles. The van der Waals surface area contributed by atoms with Crippen molar-refractivity contribution in [2.24, 2.45) is 11.7 Å². The lowest BCUT2D eigenvalue weighted by Gasteiger charge is -2.32. The minimum absolute atomic E-state index is 0.464. The van der Waals surface area contributed by atoms with Crippen LogP contribution < -0.4 is 10.6 Å². The summed E-state index contributed by atoms with van der Waals surface area (Å²) in [6, 6.07) is 6.44. The summed E-state index contributed by atoms with van der Waals surface area (Å²) in [7, 11) is 0. The van der Waals surface area contributed by atoms with Crippen molar-refractivity contribution in [3.05, 3.63) is 24.0 Å². The van der Waals surface area contributed by atoms with E-state index >= 15 is 0 Å². The number of benzene rings is 1. The lowest BCUT2D eigenvalue weighted by molar-refractivity contribution is 0.438. The molecule has 1 aliphatic heterocycles. The third-order valence-electron chi connectivity index (χ3n) is 3.86. The normalized spacial score (nSPS) is 17.6. The Hall–Kier alpha value is -1.55. The van der Waals surface area contributed by atoms with Crippen LogP contribution in [0.2, 0.25) is 0 Å². The van der Waals surface area contributed by atoms with E-state index in [1.165, 1.54) is 18.5 Å². The van der Waals surface area contributed by atoms with Crippen LogP contribution in [0.25, 0.3) is 11.0 Å². The van der Waals surface area contributed by atoms with Crippen LogP contribution in [-0.2, 0) is 6.54 Å². The van der Waals surface area contributed by atoms with Gasteiger partial charge in [-0.1, -0.05) is 6.92 Å². The second-order valence-corrected chi connectivity index (χ2v) is 5.26. The fourth-order valence-electron chi connectivity index (χ4n) is 2.61. The van der Waals surface area contributed by atoms with E-state index in [0.717, 1.165) is 35.9 Å². The zero-order valence-corrected chi connectivity index (χ0v) is 10.8. The molecule has 4 heteroatoms. The number of H-pyrrole nitrogens is 1. The minimum Gasteiger partial charge on any atom is -0.371 e. The van der Waals surface area contributed by atoms with Gasteiger partial charge in [0.15, 0.2) is 0 Å². The number of fused-ring (bicyclic) bond motifs is 1. The number of hydrogen-bond acceptors (Lipinski definition) is 3. The smallest absolute Gasteiger partial charge is 0.121 e. The molecular formula is C14H20N4. The number of aromatic amines is 1. The highest BCUT2D eigenvalue weighted by Gasteiger charge is 2.16. The first kappa shape index (κ1) is 11.5. The molecule has 0 amide bonds. The number of nitrogens with zero attached hydrogens (tertiary/aromatic N) is 2. The van der Waals surface area contributed by atoms with Gasteiger partial charge in [-0.15, -0.1) is 0 Å². The molecule has 0 spiro atoms. The predicted molar refractivity (Wildman–Crippen MR) is 74.6 cm³/mol. The highest BCUT2D eigenvalue weighted by Crippen LogP contribution is 2.25. The standard InChI is InChI=1S/C14H20N4/c1-10-4-6-18(7-5-10)11-2-3-12-13(8-11)17-14(9-15)16-12/h2-3,8,10H,4-7,9,15H2,1H3,(H,16,17). The van der Waals surface area contributed by atoms with Crippen molar-refractivity contribution in [2.75, 3.05) is 18.0 Å². The van der Waals surface area contributed by atoms with Crippen molar-refractivity contribution in [2.45, 2.75) is 26.3 Å². The van der Waals surface area contributed by atoms with Crippen molar-refractivity contribution in [1.29, 1.82) is 0 Å². The number of nitrogens with one attached hydrogen (secondary N) is 1. The van der Waals surface area contributed by atoms with Gasteiger partial charge in [-0.3, -0.25) is 0 Å². The summed E-state index contributed by atoms with van der Waals surface area (Å²) in [6.45, 7) is 5.11. The van der Waals surface area contributed by atoms with E-state index in [-0.39, 0.29) is 0 Å². The number of piperidine rings is 1. The SMILES string of the molecule is CC1CCN(c2ccc3nc(CN)[nH]c3c2)CC1. The van der Waals surface area contributed by atoms with E-state index in [2.05, 4.69) is 40.0 Å². The number of aromatic nitrogens is 2.